The van der Waals surface area contributed by atoms with E-state index in [9.17, 15) is 4.79 Å². The highest BCUT2D eigenvalue weighted by molar-refractivity contribution is 6.31. The average Bonchev–Trinajstić information content (AvgIpc) is 3.21. The van der Waals surface area contributed by atoms with Crippen molar-refractivity contribution in [1.29, 1.82) is 0 Å². The number of amides is 1. The molecule has 2 aliphatic carbocycles. The van der Waals surface area contributed by atoms with E-state index in [0.717, 1.165) is 0 Å². The highest BCUT2D eigenvalue weighted by Crippen LogP contribution is 2.44. The van der Waals surface area contributed by atoms with Crippen LogP contribution >= 0.6 is 11.6 Å². The van der Waals surface area contributed by atoms with E-state index in [1.165, 1.54) is 25.7 Å². The zero-order valence-corrected chi connectivity index (χ0v) is 10.9. The summed E-state index contributed by atoms with van der Waals surface area (Å²) >= 11 is 5.91. The molecule has 0 radical (unpaired) electrons. The first-order valence-electron chi connectivity index (χ1n) is 6.51. The molecule has 0 saturated heterocycles. The normalized spacial score (nSPS) is 19.0. The van der Waals surface area contributed by atoms with Crippen molar-refractivity contribution < 1.29 is 4.79 Å². The maximum absolute atomic E-state index is 12.2. The second-order valence-electron chi connectivity index (χ2n) is 5.41. The Morgan fingerprint density at radius 3 is 2.44 bits per heavy atom. The van der Waals surface area contributed by atoms with Crippen molar-refractivity contribution >= 4 is 23.2 Å². The molecule has 0 heterocycles. The molecular formula is C14H17ClN2O. The molecule has 0 spiro atoms. The Kier molecular flexibility index (Phi) is 2.94. The van der Waals surface area contributed by atoms with Crippen molar-refractivity contribution in [2.24, 2.45) is 11.8 Å². The Hall–Kier alpha value is -1.22. The van der Waals surface area contributed by atoms with Crippen molar-refractivity contribution in [3.63, 3.8) is 0 Å². The van der Waals surface area contributed by atoms with E-state index in [2.05, 4.69) is 5.32 Å². The van der Waals surface area contributed by atoms with Gasteiger partial charge in [0.2, 0.25) is 0 Å². The molecule has 96 valence electrons. The highest BCUT2D eigenvalue weighted by atomic mass is 35.5. The molecular weight excluding hydrogens is 248 g/mol. The third kappa shape index (κ3) is 2.46. The van der Waals surface area contributed by atoms with Crippen molar-refractivity contribution in [1.82, 2.24) is 5.32 Å². The van der Waals surface area contributed by atoms with Crippen molar-refractivity contribution in [3.8, 4) is 0 Å². The largest absolute Gasteiger partial charge is 0.398 e. The van der Waals surface area contributed by atoms with Gasteiger partial charge in [-0.05, 0) is 55.7 Å². The van der Waals surface area contributed by atoms with Crippen LogP contribution in [0.4, 0.5) is 5.69 Å². The number of hydrogen-bond donors (Lipinski definition) is 2. The lowest BCUT2D eigenvalue weighted by Crippen LogP contribution is -2.38. The van der Waals surface area contributed by atoms with Crippen LogP contribution in [0.1, 0.15) is 36.0 Å². The molecule has 0 aliphatic heterocycles. The zero-order valence-electron chi connectivity index (χ0n) is 10.2. The molecule has 3 rings (SSSR count). The van der Waals surface area contributed by atoms with Crippen molar-refractivity contribution in [2.75, 3.05) is 5.73 Å². The smallest absolute Gasteiger partial charge is 0.253 e. The molecule has 3 nitrogen and oxygen atoms in total. The van der Waals surface area contributed by atoms with Gasteiger partial charge in [0, 0.05) is 16.8 Å². The summed E-state index contributed by atoms with van der Waals surface area (Å²) in [6.07, 6.45) is 4.97. The third-order valence-electron chi connectivity index (χ3n) is 3.82. The number of carbonyl (C=O) groups is 1. The van der Waals surface area contributed by atoms with Gasteiger partial charge in [-0.3, -0.25) is 4.79 Å². The van der Waals surface area contributed by atoms with Crippen LogP contribution in [-0.4, -0.2) is 11.9 Å². The monoisotopic (exact) mass is 264 g/mol. The number of nitrogen functional groups attached to an aromatic ring is 1. The molecule has 1 amide bonds. The van der Waals surface area contributed by atoms with Gasteiger partial charge < -0.3 is 11.1 Å². The lowest BCUT2D eigenvalue weighted by atomic mass is 10.1. The summed E-state index contributed by atoms with van der Waals surface area (Å²) in [7, 11) is 0. The van der Waals surface area contributed by atoms with Crippen LogP contribution in [0.3, 0.4) is 0 Å². The van der Waals surface area contributed by atoms with Crippen LogP contribution in [-0.2, 0) is 0 Å². The number of nitrogens with two attached hydrogens (primary N) is 1. The van der Waals surface area contributed by atoms with E-state index in [0.29, 0.717) is 34.2 Å². The summed E-state index contributed by atoms with van der Waals surface area (Å²) < 4.78 is 0. The van der Waals surface area contributed by atoms with Gasteiger partial charge in [-0.1, -0.05) is 11.6 Å². The second-order valence-corrected chi connectivity index (χ2v) is 5.84. The minimum Gasteiger partial charge on any atom is -0.398 e. The maximum Gasteiger partial charge on any atom is 0.253 e. The van der Waals surface area contributed by atoms with Gasteiger partial charge in [0.15, 0.2) is 0 Å². The number of rotatable bonds is 4. The summed E-state index contributed by atoms with van der Waals surface area (Å²) in [6.45, 7) is 0. The molecule has 0 atom stereocenters. The standard InChI is InChI=1S/C14H17ClN2O/c15-10-5-6-12(16)11(7-10)14(18)17-13(8-1-2-8)9-3-4-9/h5-9,13H,1-4,16H2,(H,17,18). The topological polar surface area (TPSA) is 55.1 Å². The molecule has 1 aromatic carbocycles. The van der Waals surface area contributed by atoms with Gasteiger partial charge in [-0.25, -0.2) is 0 Å². The van der Waals surface area contributed by atoms with Gasteiger partial charge in [0.25, 0.3) is 5.91 Å². The fourth-order valence-corrected chi connectivity index (χ4v) is 2.66. The zero-order chi connectivity index (χ0) is 12.7. The Balaban J connectivity index is 1.75. The van der Waals surface area contributed by atoms with Crippen LogP contribution in [0.15, 0.2) is 18.2 Å². The Morgan fingerprint density at radius 2 is 1.89 bits per heavy atom. The van der Waals surface area contributed by atoms with Crippen LogP contribution in [0.2, 0.25) is 5.02 Å². The van der Waals surface area contributed by atoms with E-state index in [4.69, 9.17) is 17.3 Å². The van der Waals surface area contributed by atoms with Gasteiger partial charge >= 0.3 is 0 Å². The fraction of sp³-hybridized carbons (Fsp3) is 0.500. The first kappa shape index (κ1) is 11.8. The van der Waals surface area contributed by atoms with E-state index in [1.54, 1.807) is 18.2 Å². The molecule has 2 saturated carbocycles. The summed E-state index contributed by atoms with van der Waals surface area (Å²) in [5, 5.41) is 3.69. The molecule has 1 aromatic rings. The number of anilines is 1. The Morgan fingerprint density at radius 1 is 1.28 bits per heavy atom. The van der Waals surface area contributed by atoms with E-state index in [-0.39, 0.29) is 5.91 Å². The first-order valence-corrected chi connectivity index (χ1v) is 6.89. The summed E-state index contributed by atoms with van der Waals surface area (Å²) in [4.78, 5) is 12.2. The van der Waals surface area contributed by atoms with E-state index >= 15 is 0 Å². The van der Waals surface area contributed by atoms with Crippen LogP contribution < -0.4 is 11.1 Å². The predicted molar refractivity (Wildman–Crippen MR) is 72.6 cm³/mol. The SMILES string of the molecule is Nc1ccc(Cl)cc1C(=O)NC(C1CC1)C1CC1. The Labute approximate surface area is 112 Å². The van der Waals surface area contributed by atoms with Crippen molar-refractivity contribution in [2.45, 2.75) is 31.7 Å². The number of hydrogen-bond acceptors (Lipinski definition) is 2. The van der Waals surface area contributed by atoms with Gasteiger partial charge in [-0.15, -0.1) is 0 Å². The molecule has 3 N–H and O–H groups in total. The summed E-state index contributed by atoms with van der Waals surface area (Å²) in [5.41, 5.74) is 6.81. The third-order valence-corrected chi connectivity index (χ3v) is 4.05. The molecule has 0 bridgehead atoms. The molecule has 0 unspecified atom stereocenters. The number of halogens is 1. The molecule has 18 heavy (non-hydrogen) atoms. The quantitative estimate of drug-likeness (QED) is 0.822. The minimum absolute atomic E-state index is 0.0844. The predicted octanol–water partition coefficient (Wildman–Crippen LogP) is 2.84. The molecule has 4 heteroatoms. The lowest BCUT2D eigenvalue weighted by molar-refractivity contribution is 0.0927. The number of benzene rings is 1. The first-order chi connectivity index (χ1) is 8.65. The molecule has 2 aliphatic rings. The van der Waals surface area contributed by atoms with Gasteiger partial charge in [-0.2, -0.15) is 0 Å². The summed E-state index contributed by atoms with van der Waals surface area (Å²) in [6, 6.07) is 5.37. The second kappa shape index (κ2) is 4.47. The van der Waals surface area contributed by atoms with Crippen LogP contribution in [0.5, 0.6) is 0 Å². The van der Waals surface area contributed by atoms with Crippen LogP contribution in [0, 0.1) is 11.8 Å². The summed E-state index contributed by atoms with van der Waals surface area (Å²) in [5.74, 6) is 1.28. The Bertz CT molecular complexity index is 469. The highest BCUT2D eigenvalue weighted by Gasteiger charge is 2.42. The minimum atomic E-state index is -0.0844. The van der Waals surface area contributed by atoms with E-state index < -0.39 is 0 Å². The van der Waals surface area contributed by atoms with Crippen molar-refractivity contribution in [3.05, 3.63) is 28.8 Å². The number of carbonyl (C=O) groups excluding carboxylic acids is 1. The fourth-order valence-electron chi connectivity index (χ4n) is 2.49. The van der Waals surface area contributed by atoms with Gasteiger partial charge in [0.1, 0.15) is 0 Å². The molecule has 2 fully saturated rings. The number of nitrogens with one attached hydrogen (secondary N) is 1. The average molecular weight is 265 g/mol. The van der Waals surface area contributed by atoms with E-state index in [1.807, 2.05) is 0 Å². The lowest BCUT2D eigenvalue weighted by Gasteiger charge is -2.18. The van der Waals surface area contributed by atoms with Crippen LogP contribution in [0.25, 0.3) is 0 Å². The van der Waals surface area contributed by atoms with Gasteiger partial charge in [0.05, 0.1) is 5.56 Å². The maximum atomic E-state index is 12.2. The molecule has 0 aromatic heterocycles.